The highest BCUT2D eigenvalue weighted by atomic mass is 16.5. The maximum absolute atomic E-state index is 10.6. The van der Waals surface area contributed by atoms with Gasteiger partial charge in [0.25, 0.3) is 0 Å². The molecule has 0 saturated carbocycles. The third kappa shape index (κ3) is 3.28. The first-order valence-corrected chi connectivity index (χ1v) is 9.24. The van der Waals surface area contributed by atoms with Crippen LogP contribution in [0, 0.1) is 0 Å². The van der Waals surface area contributed by atoms with Gasteiger partial charge in [-0.2, -0.15) is 5.10 Å². The molecule has 1 atom stereocenters. The Morgan fingerprint density at radius 1 is 1.07 bits per heavy atom. The first-order valence-electron chi connectivity index (χ1n) is 9.24. The molecule has 2 aromatic carbocycles. The van der Waals surface area contributed by atoms with Crippen molar-refractivity contribution in [1.82, 2.24) is 24.7 Å². The molecule has 29 heavy (non-hydrogen) atoms. The van der Waals surface area contributed by atoms with Crippen LogP contribution in [0.15, 0.2) is 73.2 Å². The lowest BCUT2D eigenvalue weighted by Crippen LogP contribution is -2.06. The third-order valence-corrected chi connectivity index (χ3v) is 4.90. The topological polar surface area (TPSA) is 91.8 Å². The predicted molar refractivity (Wildman–Crippen MR) is 110 cm³/mol. The van der Waals surface area contributed by atoms with Crippen molar-refractivity contribution in [3.63, 3.8) is 0 Å². The van der Waals surface area contributed by atoms with Gasteiger partial charge in [0.2, 0.25) is 0 Å². The summed E-state index contributed by atoms with van der Waals surface area (Å²) in [6.45, 7) is 0. The molecule has 5 rings (SSSR count). The molecule has 144 valence electrons. The number of aryl methyl sites for hydroxylation is 1. The molecule has 0 radical (unpaired) electrons. The first-order chi connectivity index (χ1) is 14.2. The van der Waals surface area contributed by atoms with Gasteiger partial charge < -0.3 is 19.8 Å². The number of nitrogens with zero attached hydrogens (tertiary/aromatic N) is 3. The van der Waals surface area contributed by atoms with Crippen LogP contribution >= 0.6 is 0 Å². The van der Waals surface area contributed by atoms with Gasteiger partial charge in [0, 0.05) is 35.9 Å². The van der Waals surface area contributed by atoms with Crippen LogP contribution in [-0.2, 0) is 7.05 Å². The number of imidazole rings is 1. The van der Waals surface area contributed by atoms with Crippen molar-refractivity contribution in [1.29, 1.82) is 0 Å². The predicted octanol–water partition coefficient (Wildman–Crippen LogP) is 4.17. The van der Waals surface area contributed by atoms with Crippen LogP contribution in [0.25, 0.3) is 22.3 Å². The van der Waals surface area contributed by atoms with Crippen molar-refractivity contribution >= 4 is 10.9 Å². The Labute approximate surface area is 166 Å². The Morgan fingerprint density at radius 2 is 1.97 bits per heavy atom. The van der Waals surface area contributed by atoms with Gasteiger partial charge >= 0.3 is 0 Å². The largest absolute Gasteiger partial charge is 0.457 e. The zero-order chi connectivity index (χ0) is 19.8. The van der Waals surface area contributed by atoms with Gasteiger partial charge in [0.05, 0.1) is 17.6 Å². The Balaban J connectivity index is 1.39. The van der Waals surface area contributed by atoms with Crippen LogP contribution in [0.4, 0.5) is 0 Å². The SMILES string of the molecule is Cn1nccc1C(O)c1cnc(-c2cccc(Oc3ccc4[nH]ccc4c3)c2)[nH]1. The minimum Gasteiger partial charge on any atom is -0.457 e. The molecule has 7 nitrogen and oxygen atoms in total. The van der Waals surface area contributed by atoms with Gasteiger partial charge in [-0.3, -0.25) is 4.68 Å². The average Bonchev–Trinajstić information content (AvgIpc) is 3.48. The molecule has 5 aromatic rings. The van der Waals surface area contributed by atoms with E-state index in [1.54, 1.807) is 30.2 Å². The van der Waals surface area contributed by atoms with Gasteiger partial charge in [-0.1, -0.05) is 12.1 Å². The number of aliphatic hydroxyl groups excluding tert-OH is 1. The highest BCUT2D eigenvalue weighted by Crippen LogP contribution is 2.29. The maximum Gasteiger partial charge on any atom is 0.137 e. The van der Waals surface area contributed by atoms with Crippen LogP contribution in [-0.4, -0.2) is 29.8 Å². The van der Waals surface area contributed by atoms with Crippen molar-refractivity contribution < 1.29 is 9.84 Å². The lowest BCUT2D eigenvalue weighted by atomic mass is 10.2. The smallest absolute Gasteiger partial charge is 0.137 e. The van der Waals surface area contributed by atoms with Gasteiger partial charge in [-0.15, -0.1) is 0 Å². The Bertz CT molecular complexity index is 1280. The summed E-state index contributed by atoms with van der Waals surface area (Å²) in [7, 11) is 1.79. The summed E-state index contributed by atoms with van der Waals surface area (Å²) < 4.78 is 7.67. The molecule has 0 aliphatic rings. The highest BCUT2D eigenvalue weighted by molar-refractivity contribution is 5.80. The van der Waals surface area contributed by atoms with E-state index in [0.717, 1.165) is 22.2 Å². The van der Waals surface area contributed by atoms with Crippen LogP contribution in [0.3, 0.4) is 0 Å². The molecule has 0 aliphatic carbocycles. The third-order valence-electron chi connectivity index (χ3n) is 4.90. The summed E-state index contributed by atoms with van der Waals surface area (Å²) in [5.74, 6) is 2.14. The van der Waals surface area contributed by atoms with Crippen molar-refractivity contribution in [2.75, 3.05) is 0 Å². The molecule has 7 heteroatoms. The number of fused-ring (bicyclic) bond motifs is 1. The summed E-state index contributed by atoms with van der Waals surface area (Å²) in [5.41, 5.74) is 3.24. The van der Waals surface area contributed by atoms with E-state index in [-0.39, 0.29) is 0 Å². The zero-order valence-corrected chi connectivity index (χ0v) is 15.7. The molecule has 0 amide bonds. The van der Waals surface area contributed by atoms with E-state index in [1.165, 1.54) is 0 Å². The Morgan fingerprint density at radius 3 is 2.83 bits per heavy atom. The van der Waals surface area contributed by atoms with E-state index >= 15 is 0 Å². The van der Waals surface area contributed by atoms with E-state index in [2.05, 4.69) is 20.1 Å². The lowest BCUT2D eigenvalue weighted by molar-refractivity contribution is 0.205. The number of aliphatic hydroxyl groups is 1. The Hall–Kier alpha value is -3.84. The normalized spacial score (nSPS) is 12.3. The van der Waals surface area contributed by atoms with Crippen LogP contribution in [0.2, 0.25) is 0 Å². The van der Waals surface area contributed by atoms with E-state index in [9.17, 15) is 5.11 Å². The molecule has 3 heterocycles. The number of benzene rings is 2. The fourth-order valence-electron chi connectivity index (χ4n) is 3.37. The fraction of sp³-hybridized carbons (Fsp3) is 0.0909. The Kier molecular flexibility index (Phi) is 4.14. The number of aromatic amines is 2. The second-order valence-corrected chi connectivity index (χ2v) is 6.83. The highest BCUT2D eigenvalue weighted by Gasteiger charge is 2.17. The van der Waals surface area contributed by atoms with E-state index < -0.39 is 6.10 Å². The quantitative estimate of drug-likeness (QED) is 0.423. The van der Waals surface area contributed by atoms with Gasteiger partial charge in [-0.25, -0.2) is 4.98 Å². The molecule has 0 saturated heterocycles. The summed E-state index contributed by atoms with van der Waals surface area (Å²) in [6.07, 6.45) is 4.38. The number of nitrogens with one attached hydrogen (secondary N) is 2. The molecule has 3 N–H and O–H groups in total. The second-order valence-electron chi connectivity index (χ2n) is 6.83. The van der Waals surface area contributed by atoms with Gasteiger partial charge in [0.15, 0.2) is 0 Å². The standard InChI is InChI=1S/C22H19N5O2/c1-27-20(8-10-25-27)21(28)19-13-24-22(26-19)15-3-2-4-16(12-15)29-17-5-6-18-14(11-17)7-9-23-18/h2-13,21,23,28H,1H3,(H,24,26). The van der Waals surface area contributed by atoms with E-state index in [1.807, 2.05) is 54.7 Å². The summed E-state index contributed by atoms with van der Waals surface area (Å²) >= 11 is 0. The number of rotatable bonds is 5. The molecular weight excluding hydrogens is 366 g/mol. The molecule has 0 aliphatic heterocycles. The molecule has 0 spiro atoms. The fourth-order valence-corrected chi connectivity index (χ4v) is 3.37. The molecule has 1 unspecified atom stereocenters. The second kappa shape index (κ2) is 6.96. The van der Waals surface area contributed by atoms with Gasteiger partial charge in [-0.05, 0) is 42.5 Å². The summed E-state index contributed by atoms with van der Waals surface area (Å²) in [4.78, 5) is 10.8. The number of hydrogen-bond donors (Lipinski definition) is 3. The molecule has 0 fully saturated rings. The number of hydrogen-bond acceptors (Lipinski definition) is 4. The number of H-pyrrole nitrogens is 2. The van der Waals surface area contributed by atoms with Gasteiger partial charge in [0.1, 0.15) is 23.4 Å². The molecular formula is C22H19N5O2. The summed E-state index contributed by atoms with van der Waals surface area (Å²) in [6, 6.07) is 17.4. The average molecular weight is 385 g/mol. The van der Waals surface area contributed by atoms with Crippen molar-refractivity contribution in [2.45, 2.75) is 6.10 Å². The maximum atomic E-state index is 10.6. The summed E-state index contributed by atoms with van der Waals surface area (Å²) in [5, 5.41) is 15.8. The monoisotopic (exact) mass is 385 g/mol. The minimum absolute atomic E-state index is 0.604. The van der Waals surface area contributed by atoms with Crippen molar-refractivity contribution in [2.24, 2.45) is 7.05 Å². The van der Waals surface area contributed by atoms with Crippen LogP contribution in [0.5, 0.6) is 11.5 Å². The number of aromatic nitrogens is 5. The van der Waals surface area contributed by atoms with Crippen LogP contribution in [0.1, 0.15) is 17.5 Å². The first kappa shape index (κ1) is 17.3. The van der Waals surface area contributed by atoms with E-state index in [0.29, 0.717) is 23.0 Å². The van der Waals surface area contributed by atoms with E-state index in [4.69, 9.17) is 4.74 Å². The minimum atomic E-state index is -0.823. The van der Waals surface area contributed by atoms with Crippen molar-refractivity contribution in [3.05, 3.63) is 84.6 Å². The number of ether oxygens (including phenoxy) is 1. The molecule has 3 aromatic heterocycles. The van der Waals surface area contributed by atoms with Crippen molar-refractivity contribution in [3.8, 4) is 22.9 Å². The molecule has 0 bridgehead atoms. The van der Waals surface area contributed by atoms with Crippen LogP contribution < -0.4 is 4.74 Å². The zero-order valence-electron chi connectivity index (χ0n) is 15.7. The lowest BCUT2D eigenvalue weighted by Gasteiger charge is -2.09.